The van der Waals surface area contributed by atoms with Crippen LogP contribution >= 0.6 is 11.6 Å². The maximum atomic E-state index is 12.0. The van der Waals surface area contributed by atoms with Gasteiger partial charge in [-0.05, 0) is 38.1 Å². The first kappa shape index (κ1) is 18.7. The Balaban J connectivity index is 1.74. The topological polar surface area (TPSA) is 71.9 Å². The van der Waals surface area contributed by atoms with Gasteiger partial charge in [-0.2, -0.15) is 0 Å². The highest BCUT2D eigenvalue weighted by molar-refractivity contribution is 6.30. The number of amides is 2. The van der Waals surface area contributed by atoms with Crippen LogP contribution in [0.2, 0.25) is 5.02 Å². The first-order chi connectivity index (χ1) is 11.4. The lowest BCUT2D eigenvalue weighted by atomic mass is 10.0. The fraction of sp³-hybridized carbons (Fsp3) is 0.529. The van der Waals surface area contributed by atoms with Crippen molar-refractivity contribution in [1.82, 2.24) is 10.6 Å². The molecular weight excluding hydrogens is 330 g/mol. The van der Waals surface area contributed by atoms with Gasteiger partial charge in [0, 0.05) is 10.6 Å². The number of carbonyl (C=O) groups excluding carboxylic acids is 2. The molecule has 1 heterocycles. The van der Waals surface area contributed by atoms with E-state index in [-0.39, 0.29) is 23.9 Å². The molecule has 3 N–H and O–H groups in total. The monoisotopic (exact) mass is 354 g/mol. The summed E-state index contributed by atoms with van der Waals surface area (Å²) in [6.45, 7) is 8.15. The average molecular weight is 355 g/mol. The molecule has 132 valence electrons. The molecule has 1 fully saturated rings. The number of morpholine rings is 1. The molecule has 6 nitrogen and oxygen atoms in total. The van der Waals surface area contributed by atoms with Gasteiger partial charge in [0.2, 0.25) is 5.91 Å². The number of quaternary nitrogens is 1. The zero-order valence-corrected chi connectivity index (χ0v) is 14.9. The Bertz CT molecular complexity index is 569. The summed E-state index contributed by atoms with van der Waals surface area (Å²) in [6, 6.07) is 6.54. The van der Waals surface area contributed by atoms with Crippen LogP contribution in [-0.2, 0) is 9.53 Å². The number of benzene rings is 1. The molecule has 1 aromatic carbocycles. The van der Waals surface area contributed by atoms with Crippen LogP contribution in [0.1, 0.15) is 24.2 Å². The quantitative estimate of drug-likeness (QED) is 0.667. The zero-order chi connectivity index (χ0) is 17.6. The van der Waals surface area contributed by atoms with Gasteiger partial charge in [-0.3, -0.25) is 9.59 Å². The summed E-state index contributed by atoms with van der Waals surface area (Å²) < 4.78 is 5.37. The molecule has 0 saturated carbocycles. The van der Waals surface area contributed by atoms with Gasteiger partial charge in [-0.25, -0.2) is 0 Å². The molecule has 7 heteroatoms. The van der Waals surface area contributed by atoms with Crippen LogP contribution in [0.3, 0.4) is 0 Å². The lowest BCUT2D eigenvalue weighted by Gasteiger charge is -2.37. The van der Waals surface area contributed by atoms with Crippen molar-refractivity contribution in [3.8, 4) is 0 Å². The normalized spacial score (nSPS) is 15.8. The van der Waals surface area contributed by atoms with Gasteiger partial charge in [-0.1, -0.05) is 11.6 Å². The Morgan fingerprint density at radius 3 is 2.42 bits per heavy atom. The molecule has 0 atom stereocenters. The summed E-state index contributed by atoms with van der Waals surface area (Å²) in [7, 11) is 0. The van der Waals surface area contributed by atoms with Gasteiger partial charge >= 0.3 is 0 Å². The van der Waals surface area contributed by atoms with E-state index < -0.39 is 0 Å². The number of rotatable bonds is 6. The largest absolute Gasteiger partial charge is 0.370 e. The van der Waals surface area contributed by atoms with E-state index in [1.807, 2.05) is 0 Å². The van der Waals surface area contributed by atoms with Crippen molar-refractivity contribution in [2.45, 2.75) is 19.4 Å². The van der Waals surface area contributed by atoms with Crippen LogP contribution in [0.15, 0.2) is 24.3 Å². The van der Waals surface area contributed by atoms with Gasteiger partial charge in [-0.15, -0.1) is 0 Å². The first-order valence-electron chi connectivity index (χ1n) is 8.12. The highest BCUT2D eigenvalue weighted by Gasteiger charge is 2.32. The number of carbonyl (C=O) groups is 2. The second-order valence-electron chi connectivity index (χ2n) is 6.57. The molecule has 1 saturated heterocycles. The third-order valence-corrected chi connectivity index (χ3v) is 4.55. The number of hydrogen-bond donors (Lipinski definition) is 3. The van der Waals surface area contributed by atoms with Crippen LogP contribution in [0.25, 0.3) is 0 Å². The smallest absolute Gasteiger partial charge is 0.251 e. The lowest BCUT2D eigenvalue weighted by molar-refractivity contribution is -0.954. The Kier molecular flexibility index (Phi) is 6.60. The minimum absolute atomic E-state index is 0.0457. The molecule has 0 aliphatic carbocycles. The maximum absolute atomic E-state index is 12.0. The summed E-state index contributed by atoms with van der Waals surface area (Å²) in [4.78, 5) is 25.4. The molecule has 1 aliphatic heterocycles. The second-order valence-corrected chi connectivity index (χ2v) is 7.00. The minimum atomic E-state index is -0.292. The van der Waals surface area contributed by atoms with E-state index >= 15 is 0 Å². The van der Waals surface area contributed by atoms with E-state index in [9.17, 15) is 9.59 Å². The van der Waals surface area contributed by atoms with Gasteiger partial charge < -0.3 is 20.3 Å². The molecule has 0 aromatic heterocycles. The van der Waals surface area contributed by atoms with E-state index in [0.717, 1.165) is 26.3 Å². The molecule has 2 rings (SSSR count). The Labute approximate surface area is 147 Å². The number of halogens is 1. The summed E-state index contributed by atoms with van der Waals surface area (Å²) in [5.74, 6) is -0.488. The van der Waals surface area contributed by atoms with Gasteiger partial charge in [0.25, 0.3) is 5.91 Å². The van der Waals surface area contributed by atoms with Crippen molar-refractivity contribution >= 4 is 23.4 Å². The Morgan fingerprint density at radius 1 is 1.17 bits per heavy atom. The van der Waals surface area contributed by atoms with Crippen molar-refractivity contribution in [1.29, 1.82) is 0 Å². The van der Waals surface area contributed by atoms with Crippen molar-refractivity contribution in [2.75, 3.05) is 39.4 Å². The minimum Gasteiger partial charge on any atom is -0.370 e. The number of ether oxygens (including phenoxy) is 1. The third-order valence-electron chi connectivity index (χ3n) is 4.30. The van der Waals surface area contributed by atoms with Crippen molar-refractivity contribution in [3.05, 3.63) is 34.9 Å². The third kappa shape index (κ3) is 5.47. The molecule has 0 spiro atoms. The number of nitrogens with one attached hydrogen (secondary N) is 3. The van der Waals surface area contributed by atoms with Crippen LogP contribution in [0.5, 0.6) is 0 Å². The predicted octanol–water partition coefficient (Wildman–Crippen LogP) is -0.120. The molecule has 0 radical (unpaired) electrons. The molecule has 1 aliphatic rings. The first-order valence-corrected chi connectivity index (χ1v) is 8.50. The van der Waals surface area contributed by atoms with Crippen molar-refractivity contribution < 1.29 is 19.2 Å². The molecule has 1 aromatic rings. The molecule has 2 amide bonds. The van der Waals surface area contributed by atoms with E-state index in [4.69, 9.17) is 16.3 Å². The standard InChI is InChI=1S/C17H24ClN3O3/c1-17(2,21-7-9-24-10-8-21)12-20-15(22)11-19-16(23)13-3-5-14(18)6-4-13/h3-6H,7-12H2,1-2H3,(H,19,23)(H,20,22)/p+1. The van der Waals surface area contributed by atoms with Crippen molar-refractivity contribution in [2.24, 2.45) is 0 Å². The van der Waals surface area contributed by atoms with Crippen LogP contribution in [0.4, 0.5) is 0 Å². The molecule has 24 heavy (non-hydrogen) atoms. The van der Waals surface area contributed by atoms with Crippen LogP contribution < -0.4 is 15.5 Å². The van der Waals surface area contributed by atoms with Gasteiger partial charge in [0.1, 0.15) is 18.6 Å². The Hall–Kier alpha value is -1.63. The lowest BCUT2D eigenvalue weighted by Crippen LogP contribution is -3.22. The molecule has 0 bridgehead atoms. The zero-order valence-electron chi connectivity index (χ0n) is 14.2. The van der Waals surface area contributed by atoms with E-state index in [1.165, 1.54) is 4.90 Å². The fourth-order valence-electron chi connectivity index (χ4n) is 2.67. The maximum Gasteiger partial charge on any atom is 0.251 e. The average Bonchev–Trinajstić information content (AvgIpc) is 2.59. The van der Waals surface area contributed by atoms with E-state index in [1.54, 1.807) is 24.3 Å². The fourth-order valence-corrected chi connectivity index (χ4v) is 2.79. The summed E-state index contributed by atoms with van der Waals surface area (Å²) in [5.41, 5.74) is 0.407. The van der Waals surface area contributed by atoms with Crippen LogP contribution in [0, 0.1) is 0 Å². The summed E-state index contributed by atoms with van der Waals surface area (Å²) >= 11 is 5.79. The summed E-state index contributed by atoms with van der Waals surface area (Å²) in [5, 5.41) is 6.08. The highest BCUT2D eigenvalue weighted by Crippen LogP contribution is 2.09. The van der Waals surface area contributed by atoms with Gasteiger partial charge in [0.15, 0.2) is 0 Å². The van der Waals surface area contributed by atoms with E-state index in [2.05, 4.69) is 24.5 Å². The summed E-state index contributed by atoms with van der Waals surface area (Å²) in [6.07, 6.45) is 0. The predicted molar refractivity (Wildman–Crippen MR) is 92.4 cm³/mol. The van der Waals surface area contributed by atoms with Crippen molar-refractivity contribution in [3.63, 3.8) is 0 Å². The second kappa shape index (κ2) is 8.46. The SMILES string of the molecule is CC(C)(CNC(=O)CNC(=O)c1ccc(Cl)cc1)[NH+]1CCOCC1. The molecule has 0 unspecified atom stereocenters. The van der Waals surface area contributed by atoms with Gasteiger partial charge in [0.05, 0.1) is 26.3 Å². The number of hydrogen-bond acceptors (Lipinski definition) is 3. The molecular formula is C17H25ClN3O3+. The highest BCUT2D eigenvalue weighted by atomic mass is 35.5. The van der Waals surface area contributed by atoms with Crippen LogP contribution in [-0.4, -0.2) is 56.7 Å². The van der Waals surface area contributed by atoms with E-state index in [0.29, 0.717) is 17.1 Å². The Morgan fingerprint density at radius 2 is 1.79 bits per heavy atom.